The first-order chi connectivity index (χ1) is 14.1. The third-order valence-electron chi connectivity index (χ3n) is 4.58. The predicted octanol–water partition coefficient (Wildman–Crippen LogP) is 3.38. The van der Waals surface area contributed by atoms with Crippen LogP contribution in [-0.4, -0.2) is 37.4 Å². The molecular weight excluding hydrogens is 368 g/mol. The van der Waals surface area contributed by atoms with Gasteiger partial charge < -0.3 is 19.5 Å². The Morgan fingerprint density at radius 1 is 1.00 bits per heavy atom. The highest BCUT2D eigenvalue weighted by atomic mass is 16.8. The second-order valence-corrected chi connectivity index (χ2v) is 6.82. The van der Waals surface area contributed by atoms with Gasteiger partial charge in [-0.15, -0.1) is 0 Å². The van der Waals surface area contributed by atoms with Crippen LogP contribution in [0.1, 0.15) is 18.1 Å². The molecule has 1 fully saturated rings. The molecule has 0 radical (unpaired) electrons. The summed E-state index contributed by atoms with van der Waals surface area (Å²) in [5, 5.41) is 3.30. The quantitative estimate of drug-likeness (QED) is 0.814. The lowest BCUT2D eigenvalue weighted by Gasteiger charge is -2.24. The lowest BCUT2D eigenvalue weighted by molar-refractivity contribution is -0.192. The highest BCUT2D eigenvalue weighted by Crippen LogP contribution is 2.23. The van der Waals surface area contributed by atoms with E-state index in [4.69, 9.17) is 14.2 Å². The van der Waals surface area contributed by atoms with Gasteiger partial charge in [-0.2, -0.15) is 0 Å². The number of carbonyl (C=O) groups excluding carboxylic acids is 1. The molecule has 0 amide bonds. The Hall–Kier alpha value is -3.22. The van der Waals surface area contributed by atoms with Crippen molar-refractivity contribution >= 4 is 24.0 Å². The minimum Gasteiger partial charge on any atom is -0.401 e. The van der Waals surface area contributed by atoms with Crippen molar-refractivity contribution in [1.29, 1.82) is 0 Å². The molecule has 2 heterocycles. The Kier molecular flexibility index (Phi) is 5.55. The van der Waals surface area contributed by atoms with E-state index in [0.29, 0.717) is 25.5 Å². The Bertz CT molecular complexity index is 959. The molecule has 0 aliphatic carbocycles. The van der Waals surface area contributed by atoms with Crippen molar-refractivity contribution in [2.45, 2.75) is 12.7 Å². The Labute approximate surface area is 169 Å². The van der Waals surface area contributed by atoms with Crippen LogP contribution in [0.5, 0.6) is 0 Å². The number of hydrogen-bond acceptors (Lipinski definition) is 6. The molecule has 4 rings (SSSR count). The van der Waals surface area contributed by atoms with Crippen molar-refractivity contribution in [3.8, 4) is 0 Å². The number of carbonyl (C=O) groups is 1. The zero-order chi connectivity index (χ0) is 20.1. The monoisotopic (exact) mass is 390 g/mol. The van der Waals surface area contributed by atoms with E-state index in [1.165, 1.54) is 0 Å². The van der Waals surface area contributed by atoms with Gasteiger partial charge in [0.1, 0.15) is 0 Å². The van der Waals surface area contributed by atoms with Crippen LogP contribution in [0.4, 0.5) is 0 Å². The van der Waals surface area contributed by atoms with Crippen LogP contribution in [0, 0.1) is 0 Å². The molecule has 0 atom stereocenters. The SMILES string of the molecule is CC1(C(=O)OC2=NC(=Cc3ccccc3)CNC2=Cc2ccccc2)OCCO1. The van der Waals surface area contributed by atoms with Gasteiger partial charge in [0.2, 0.25) is 5.90 Å². The molecule has 0 saturated carbocycles. The van der Waals surface area contributed by atoms with Gasteiger partial charge in [0.05, 0.1) is 31.2 Å². The van der Waals surface area contributed by atoms with Crippen molar-refractivity contribution in [3.63, 3.8) is 0 Å². The zero-order valence-corrected chi connectivity index (χ0v) is 16.1. The normalized spacial score (nSPS) is 20.9. The lowest BCUT2D eigenvalue weighted by atomic mass is 10.1. The maximum absolute atomic E-state index is 12.7. The van der Waals surface area contributed by atoms with Crippen LogP contribution in [0.15, 0.2) is 77.1 Å². The van der Waals surface area contributed by atoms with Gasteiger partial charge in [-0.1, -0.05) is 60.7 Å². The number of hydrogen-bond donors (Lipinski definition) is 1. The van der Waals surface area contributed by atoms with Gasteiger partial charge in [0.15, 0.2) is 0 Å². The van der Waals surface area contributed by atoms with Crippen molar-refractivity contribution in [1.82, 2.24) is 5.32 Å². The molecule has 0 bridgehead atoms. The van der Waals surface area contributed by atoms with Gasteiger partial charge in [0.25, 0.3) is 5.79 Å². The van der Waals surface area contributed by atoms with Gasteiger partial charge in [0, 0.05) is 6.92 Å². The van der Waals surface area contributed by atoms with E-state index in [1.54, 1.807) is 6.92 Å². The average molecular weight is 390 g/mol. The second-order valence-electron chi connectivity index (χ2n) is 6.82. The van der Waals surface area contributed by atoms with Gasteiger partial charge in [-0.3, -0.25) is 0 Å². The van der Waals surface area contributed by atoms with E-state index in [-0.39, 0.29) is 5.90 Å². The average Bonchev–Trinajstić information content (AvgIpc) is 3.19. The number of rotatable bonds is 3. The van der Waals surface area contributed by atoms with E-state index in [0.717, 1.165) is 16.8 Å². The zero-order valence-electron chi connectivity index (χ0n) is 16.1. The van der Waals surface area contributed by atoms with E-state index in [1.807, 2.05) is 72.8 Å². The number of nitrogens with zero attached hydrogens (tertiary/aromatic N) is 1. The molecule has 0 aromatic heterocycles. The first-order valence-corrected chi connectivity index (χ1v) is 9.48. The number of esters is 1. The predicted molar refractivity (Wildman–Crippen MR) is 111 cm³/mol. The topological polar surface area (TPSA) is 69.2 Å². The van der Waals surface area contributed by atoms with Crippen molar-refractivity contribution < 1.29 is 19.0 Å². The van der Waals surface area contributed by atoms with Crippen molar-refractivity contribution in [2.24, 2.45) is 4.99 Å². The molecule has 29 heavy (non-hydrogen) atoms. The molecule has 0 spiro atoms. The fourth-order valence-electron chi connectivity index (χ4n) is 3.04. The van der Waals surface area contributed by atoms with E-state index in [2.05, 4.69) is 10.3 Å². The third kappa shape index (κ3) is 4.62. The summed E-state index contributed by atoms with van der Waals surface area (Å²) in [4.78, 5) is 17.3. The van der Waals surface area contributed by atoms with E-state index < -0.39 is 11.8 Å². The van der Waals surface area contributed by atoms with E-state index in [9.17, 15) is 4.79 Å². The van der Waals surface area contributed by atoms with Crippen LogP contribution < -0.4 is 5.32 Å². The second kappa shape index (κ2) is 8.43. The van der Waals surface area contributed by atoms with Gasteiger partial charge >= 0.3 is 5.97 Å². The lowest BCUT2D eigenvalue weighted by Crippen LogP contribution is -2.41. The first-order valence-electron chi connectivity index (χ1n) is 9.48. The molecule has 6 heteroatoms. The summed E-state index contributed by atoms with van der Waals surface area (Å²) >= 11 is 0. The summed E-state index contributed by atoms with van der Waals surface area (Å²) in [7, 11) is 0. The summed E-state index contributed by atoms with van der Waals surface area (Å²) in [6.45, 7) is 2.77. The van der Waals surface area contributed by atoms with E-state index >= 15 is 0 Å². The molecule has 2 aliphatic rings. The minimum atomic E-state index is -1.42. The summed E-state index contributed by atoms with van der Waals surface area (Å²) in [5.74, 6) is -1.86. The number of benzene rings is 2. The summed E-state index contributed by atoms with van der Waals surface area (Å²) in [5.41, 5.74) is 3.36. The Morgan fingerprint density at radius 3 is 2.21 bits per heavy atom. The van der Waals surface area contributed by atoms with Crippen LogP contribution in [-0.2, 0) is 19.0 Å². The fourth-order valence-corrected chi connectivity index (χ4v) is 3.04. The minimum absolute atomic E-state index is 0.188. The van der Waals surface area contributed by atoms with Crippen molar-refractivity contribution in [3.05, 3.63) is 83.2 Å². The maximum Gasteiger partial charge on any atom is 0.373 e. The summed E-state index contributed by atoms with van der Waals surface area (Å²) < 4.78 is 16.4. The largest absolute Gasteiger partial charge is 0.401 e. The molecule has 2 aromatic rings. The fraction of sp³-hybridized carbons (Fsp3) is 0.217. The van der Waals surface area contributed by atoms with Crippen LogP contribution in [0.2, 0.25) is 0 Å². The van der Waals surface area contributed by atoms with Gasteiger partial charge in [-0.05, 0) is 23.3 Å². The van der Waals surface area contributed by atoms with Crippen LogP contribution in [0.3, 0.4) is 0 Å². The van der Waals surface area contributed by atoms with Gasteiger partial charge in [-0.25, -0.2) is 9.79 Å². The standard InChI is InChI=1S/C23H22N2O4/c1-23(27-12-13-28-23)22(26)29-21-20(15-18-10-6-3-7-11-18)24-16-19(25-21)14-17-8-4-2-5-9-17/h2-11,14-15,24H,12-13,16H2,1H3. The Balaban J connectivity index is 1.65. The first kappa shape index (κ1) is 19.1. The van der Waals surface area contributed by atoms with Crippen molar-refractivity contribution in [2.75, 3.05) is 19.8 Å². The summed E-state index contributed by atoms with van der Waals surface area (Å²) in [6, 6.07) is 19.6. The molecular formula is C23H22N2O4. The summed E-state index contributed by atoms with van der Waals surface area (Å²) in [6.07, 6.45) is 3.84. The van der Waals surface area contributed by atoms with Crippen LogP contribution >= 0.6 is 0 Å². The number of ether oxygens (including phenoxy) is 3. The molecule has 1 saturated heterocycles. The maximum atomic E-state index is 12.7. The number of aliphatic imine (C=N–C) groups is 1. The molecule has 0 unspecified atom stereocenters. The number of nitrogens with one attached hydrogen (secondary N) is 1. The molecule has 1 N–H and O–H groups in total. The molecule has 148 valence electrons. The smallest absolute Gasteiger partial charge is 0.373 e. The highest BCUT2D eigenvalue weighted by Gasteiger charge is 2.42. The molecule has 6 nitrogen and oxygen atoms in total. The Morgan fingerprint density at radius 2 is 1.59 bits per heavy atom. The molecule has 2 aliphatic heterocycles. The molecule has 2 aromatic carbocycles. The highest BCUT2D eigenvalue weighted by molar-refractivity contribution is 6.05. The third-order valence-corrected chi connectivity index (χ3v) is 4.58. The van der Waals surface area contributed by atoms with Crippen LogP contribution in [0.25, 0.3) is 12.2 Å².